The van der Waals surface area contributed by atoms with Crippen LogP contribution < -0.4 is 5.32 Å². The van der Waals surface area contributed by atoms with Gasteiger partial charge in [-0.25, -0.2) is 4.39 Å². The van der Waals surface area contributed by atoms with Crippen LogP contribution in [0.4, 0.5) is 4.39 Å². The molecule has 1 aliphatic rings. The molecule has 3 rings (SSSR count). The lowest BCUT2D eigenvalue weighted by Gasteiger charge is -2.31. The van der Waals surface area contributed by atoms with Gasteiger partial charge in [-0.05, 0) is 55.2 Å². The highest BCUT2D eigenvalue weighted by Gasteiger charge is 2.28. The van der Waals surface area contributed by atoms with Gasteiger partial charge >= 0.3 is 0 Å². The van der Waals surface area contributed by atoms with Gasteiger partial charge in [-0.3, -0.25) is 9.59 Å². The Hall–Kier alpha value is -1.76. The minimum atomic E-state index is -0.641. The van der Waals surface area contributed by atoms with Crippen LogP contribution in [0.5, 0.6) is 0 Å². The summed E-state index contributed by atoms with van der Waals surface area (Å²) in [6.07, 6.45) is 5.38. The number of hydrogen-bond acceptors (Lipinski definition) is 3. The molecule has 0 aliphatic heterocycles. The van der Waals surface area contributed by atoms with E-state index in [4.69, 9.17) is 23.2 Å². The summed E-state index contributed by atoms with van der Waals surface area (Å²) < 4.78 is 13.1. The van der Waals surface area contributed by atoms with Crippen LogP contribution in [-0.4, -0.2) is 34.6 Å². The van der Waals surface area contributed by atoms with E-state index in [1.54, 1.807) is 42.2 Å². The quantitative estimate of drug-likeness (QED) is 0.434. The minimum Gasteiger partial charge on any atom is -0.352 e. The molecule has 0 saturated heterocycles. The average molecular weight is 511 g/mol. The number of carbonyl (C=O) groups excluding carboxylic acids is 2. The molecule has 178 valence electrons. The van der Waals surface area contributed by atoms with E-state index in [9.17, 15) is 14.0 Å². The number of amides is 2. The van der Waals surface area contributed by atoms with Gasteiger partial charge < -0.3 is 10.2 Å². The van der Waals surface area contributed by atoms with Gasteiger partial charge in [0.1, 0.15) is 11.9 Å². The van der Waals surface area contributed by atoms with Gasteiger partial charge in [-0.2, -0.15) is 0 Å². The molecule has 1 N–H and O–H groups in total. The molecular formula is C25H29Cl2FN2O2S. The molecule has 8 heteroatoms. The van der Waals surface area contributed by atoms with Crippen LogP contribution in [0, 0.1) is 5.82 Å². The highest BCUT2D eigenvalue weighted by Crippen LogP contribution is 2.24. The fraction of sp³-hybridized carbons (Fsp3) is 0.440. The second kappa shape index (κ2) is 12.6. The number of thioether (sulfide) groups is 1. The van der Waals surface area contributed by atoms with Crippen LogP contribution in [0.15, 0.2) is 42.5 Å². The van der Waals surface area contributed by atoms with Crippen molar-refractivity contribution in [3.63, 3.8) is 0 Å². The molecule has 1 unspecified atom stereocenters. The first kappa shape index (κ1) is 25.9. The van der Waals surface area contributed by atoms with E-state index in [1.807, 2.05) is 0 Å². The first-order valence-electron chi connectivity index (χ1n) is 11.2. The Bertz CT molecular complexity index is 952. The highest BCUT2D eigenvalue weighted by atomic mass is 35.5. The number of carbonyl (C=O) groups is 2. The summed E-state index contributed by atoms with van der Waals surface area (Å²) in [6.45, 7) is 1.97. The Kier molecular flexibility index (Phi) is 9.90. The normalized spacial score (nSPS) is 15.2. The molecular weight excluding hydrogens is 482 g/mol. The molecule has 1 atom stereocenters. The van der Waals surface area contributed by atoms with Crippen molar-refractivity contribution in [2.24, 2.45) is 0 Å². The summed E-state index contributed by atoms with van der Waals surface area (Å²) in [5.41, 5.74) is 1.67. The van der Waals surface area contributed by atoms with Gasteiger partial charge in [0.15, 0.2) is 0 Å². The predicted octanol–water partition coefficient (Wildman–Crippen LogP) is 6.23. The van der Waals surface area contributed by atoms with Crippen LogP contribution in [-0.2, 0) is 21.9 Å². The third-order valence-corrected chi connectivity index (χ3v) is 7.46. The Morgan fingerprint density at radius 3 is 2.48 bits per heavy atom. The highest BCUT2D eigenvalue weighted by molar-refractivity contribution is 7.99. The molecule has 1 saturated carbocycles. The van der Waals surface area contributed by atoms with Crippen molar-refractivity contribution in [2.45, 2.75) is 63.4 Å². The smallest absolute Gasteiger partial charge is 0.242 e. The average Bonchev–Trinajstić information content (AvgIpc) is 2.80. The summed E-state index contributed by atoms with van der Waals surface area (Å²) in [7, 11) is 0. The number of benzene rings is 2. The fourth-order valence-electron chi connectivity index (χ4n) is 3.90. The molecule has 1 fully saturated rings. The van der Waals surface area contributed by atoms with Crippen molar-refractivity contribution < 1.29 is 14.0 Å². The summed E-state index contributed by atoms with van der Waals surface area (Å²) in [6, 6.07) is 10.9. The molecule has 0 bridgehead atoms. The molecule has 0 radical (unpaired) electrons. The zero-order valence-corrected chi connectivity index (χ0v) is 21.0. The van der Waals surface area contributed by atoms with E-state index in [1.165, 1.54) is 30.3 Å². The topological polar surface area (TPSA) is 49.4 Å². The third-order valence-electron chi connectivity index (χ3n) is 5.88. The Labute approximate surface area is 209 Å². The summed E-state index contributed by atoms with van der Waals surface area (Å²) in [5.74, 6) is 0.181. The second-order valence-electron chi connectivity index (χ2n) is 8.40. The van der Waals surface area contributed by atoms with E-state index in [0.29, 0.717) is 15.8 Å². The number of halogens is 3. The molecule has 0 heterocycles. The van der Waals surface area contributed by atoms with Crippen molar-refractivity contribution in [1.82, 2.24) is 10.2 Å². The van der Waals surface area contributed by atoms with Crippen LogP contribution in [0.2, 0.25) is 10.0 Å². The minimum absolute atomic E-state index is 0.149. The molecule has 2 amide bonds. The number of nitrogens with zero attached hydrogens (tertiary/aromatic N) is 1. The SMILES string of the molecule is CC(C(=O)NC1CCCCC1)N(Cc1ccc(Cl)cc1Cl)C(=O)CSCc1ccc(F)cc1. The summed E-state index contributed by atoms with van der Waals surface area (Å²) in [5, 5.41) is 4.09. The number of rotatable bonds is 9. The number of nitrogens with one attached hydrogen (secondary N) is 1. The Balaban J connectivity index is 1.68. The maximum absolute atomic E-state index is 13.2. The van der Waals surface area contributed by atoms with E-state index in [2.05, 4.69) is 5.32 Å². The largest absolute Gasteiger partial charge is 0.352 e. The second-order valence-corrected chi connectivity index (χ2v) is 10.2. The monoisotopic (exact) mass is 510 g/mol. The molecule has 2 aromatic carbocycles. The van der Waals surface area contributed by atoms with Gasteiger partial charge in [0.25, 0.3) is 0 Å². The lowest BCUT2D eigenvalue weighted by atomic mass is 9.95. The van der Waals surface area contributed by atoms with Gasteiger partial charge in [0.2, 0.25) is 11.8 Å². The van der Waals surface area contributed by atoms with E-state index in [-0.39, 0.29) is 36.0 Å². The molecule has 33 heavy (non-hydrogen) atoms. The summed E-state index contributed by atoms with van der Waals surface area (Å²) >= 11 is 13.8. The standard InChI is InChI=1S/C25H29Cl2FN2O2S/c1-17(25(32)29-22-5-3-2-4-6-22)30(14-19-9-10-20(26)13-23(19)27)24(31)16-33-15-18-7-11-21(28)12-8-18/h7-13,17,22H,2-6,14-16H2,1H3,(H,29,32). The molecule has 4 nitrogen and oxygen atoms in total. The first-order valence-corrected chi connectivity index (χ1v) is 13.1. The van der Waals surface area contributed by atoms with Gasteiger partial charge in [-0.1, -0.05) is 60.7 Å². The fourth-order valence-corrected chi connectivity index (χ4v) is 5.24. The lowest BCUT2D eigenvalue weighted by Crippen LogP contribution is -2.50. The number of hydrogen-bond donors (Lipinski definition) is 1. The lowest BCUT2D eigenvalue weighted by molar-refractivity contribution is -0.139. The zero-order valence-electron chi connectivity index (χ0n) is 18.7. The molecule has 0 spiro atoms. The van der Waals surface area contributed by atoms with Crippen LogP contribution in [0.25, 0.3) is 0 Å². The Morgan fingerprint density at radius 2 is 1.82 bits per heavy atom. The first-order chi connectivity index (χ1) is 15.8. The predicted molar refractivity (Wildman–Crippen MR) is 134 cm³/mol. The van der Waals surface area contributed by atoms with Crippen molar-refractivity contribution in [3.8, 4) is 0 Å². The van der Waals surface area contributed by atoms with Gasteiger partial charge in [-0.15, -0.1) is 11.8 Å². The molecule has 2 aromatic rings. The maximum Gasteiger partial charge on any atom is 0.242 e. The maximum atomic E-state index is 13.2. The van der Waals surface area contributed by atoms with Crippen LogP contribution in [0.3, 0.4) is 0 Å². The van der Waals surface area contributed by atoms with Crippen molar-refractivity contribution >= 4 is 46.8 Å². The van der Waals surface area contributed by atoms with Crippen LogP contribution >= 0.6 is 35.0 Å². The molecule has 1 aliphatic carbocycles. The zero-order chi connectivity index (χ0) is 23.8. The summed E-state index contributed by atoms with van der Waals surface area (Å²) in [4.78, 5) is 27.8. The van der Waals surface area contributed by atoms with Crippen molar-refractivity contribution in [1.29, 1.82) is 0 Å². The van der Waals surface area contributed by atoms with Crippen molar-refractivity contribution in [3.05, 3.63) is 69.5 Å². The van der Waals surface area contributed by atoms with E-state index < -0.39 is 6.04 Å². The van der Waals surface area contributed by atoms with E-state index >= 15 is 0 Å². The van der Waals surface area contributed by atoms with E-state index in [0.717, 1.165) is 36.8 Å². The molecule has 0 aromatic heterocycles. The third kappa shape index (κ3) is 7.90. The van der Waals surface area contributed by atoms with Crippen molar-refractivity contribution in [2.75, 3.05) is 5.75 Å². The van der Waals surface area contributed by atoms with Gasteiger partial charge in [0.05, 0.1) is 5.75 Å². The van der Waals surface area contributed by atoms with Gasteiger partial charge in [0, 0.05) is 28.4 Å². The van der Waals surface area contributed by atoms with Crippen LogP contribution in [0.1, 0.15) is 50.2 Å². The Morgan fingerprint density at radius 1 is 1.12 bits per heavy atom.